The molecule has 1 aromatic carbocycles. The van der Waals surface area contributed by atoms with Gasteiger partial charge in [-0.05, 0) is 61.5 Å². The normalized spacial score (nSPS) is 22.3. The van der Waals surface area contributed by atoms with E-state index in [0.717, 1.165) is 11.4 Å². The summed E-state index contributed by atoms with van der Waals surface area (Å²) in [4.78, 5) is 6.68. The van der Waals surface area contributed by atoms with Crippen LogP contribution in [0.5, 0.6) is 5.75 Å². The molecule has 2 aromatic heterocycles. The van der Waals surface area contributed by atoms with Gasteiger partial charge in [0.15, 0.2) is 5.11 Å². The van der Waals surface area contributed by atoms with Crippen molar-refractivity contribution in [2.45, 2.75) is 50.2 Å². The van der Waals surface area contributed by atoms with Gasteiger partial charge < -0.3 is 19.9 Å². The van der Waals surface area contributed by atoms with E-state index in [1.165, 1.54) is 37.8 Å². The standard InChI is InChI=1S/C24H26N4OS/c29-21-14-5-4-12-19(21)28-23(22(26-24(28)30)18-11-6-7-15-25-18)20-13-8-16-27(20)17-9-2-1-3-10-17/h4-8,11-17,22-23,29H,1-3,9-10H2,(H,26,30)/t22-,23+/m1/s1. The van der Waals surface area contributed by atoms with Crippen molar-refractivity contribution in [1.82, 2.24) is 14.9 Å². The molecule has 0 bridgehead atoms. The van der Waals surface area contributed by atoms with Crippen LogP contribution in [-0.4, -0.2) is 19.8 Å². The van der Waals surface area contributed by atoms with E-state index < -0.39 is 0 Å². The van der Waals surface area contributed by atoms with Crippen LogP contribution in [0.1, 0.15) is 61.6 Å². The molecule has 30 heavy (non-hydrogen) atoms. The maximum absolute atomic E-state index is 10.6. The molecule has 1 saturated heterocycles. The quantitative estimate of drug-likeness (QED) is 0.565. The number of anilines is 1. The number of nitrogens with zero attached hydrogens (tertiary/aromatic N) is 3. The second-order valence-electron chi connectivity index (χ2n) is 8.12. The fraction of sp³-hybridized carbons (Fsp3) is 0.333. The summed E-state index contributed by atoms with van der Waals surface area (Å²) in [6.45, 7) is 0. The number of thiocarbonyl (C=S) groups is 1. The highest BCUT2D eigenvalue weighted by Gasteiger charge is 2.43. The summed E-state index contributed by atoms with van der Waals surface area (Å²) < 4.78 is 2.43. The van der Waals surface area contributed by atoms with Gasteiger partial charge in [0.2, 0.25) is 0 Å². The van der Waals surface area contributed by atoms with Crippen LogP contribution >= 0.6 is 12.2 Å². The SMILES string of the molecule is Oc1ccccc1N1C(=S)N[C@H](c2ccccn2)[C@@H]1c1cccn1C1CCCCC1. The van der Waals surface area contributed by atoms with Crippen LogP contribution in [0.2, 0.25) is 0 Å². The molecule has 0 amide bonds. The molecule has 5 nitrogen and oxygen atoms in total. The molecule has 0 spiro atoms. The first-order chi connectivity index (χ1) is 14.7. The molecule has 154 valence electrons. The van der Waals surface area contributed by atoms with Crippen molar-refractivity contribution in [2.24, 2.45) is 0 Å². The van der Waals surface area contributed by atoms with Gasteiger partial charge in [0, 0.05) is 24.1 Å². The molecule has 0 radical (unpaired) electrons. The predicted octanol–water partition coefficient (Wildman–Crippen LogP) is 5.27. The summed E-state index contributed by atoms with van der Waals surface area (Å²) in [7, 11) is 0. The second kappa shape index (κ2) is 8.11. The third-order valence-electron chi connectivity index (χ3n) is 6.32. The average Bonchev–Trinajstić information content (AvgIpc) is 3.40. The van der Waals surface area contributed by atoms with Crippen molar-refractivity contribution in [2.75, 3.05) is 4.90 Å². The van der Waals surface area contributed by atoms with E-state index >= 15 is 0 Å². The highest BCUT2D eigenvalue weighted by molar-refractivity contribution is 7.80. The van der Waals surface area contributed by atoms with Gasteiger partial charge in [0.25, 0.3) is 0 Å². The Morgan fingerprint density at radius 1 is 0.967 bits per heavy atom. The third kappa shape index (κ3) is 3.35. The molecule has 1 aliphatic heterocycles. The predicted molar refractivity (Wildman–Crippen MR) is 123 cm³/mol. The molecule has 0 unspecified atom stereocenters. The molecule has 5 rings (SSSR count). The lowest BCUT2D eigenvalue weighted by atomic mass is 9.94. The third-order valence-corrected chi connectivity index (χ3v) is 6.64. The number of benzene rings is 1. The number of hydrogen-bond acceptors (Lipinski definition) is 3. The van der Waals surface area contributed by atoms with E-state index in [4.69, 9.17) is 12.2 Å². The molecular weight excluding hydrogens is 392 g/mol. The Morgan fingerprint density at radius 2 is 1.77 bits per heavy atom. The van der Waals surface area contributed by atoms with Crippen LogP contribution in [0.25, 0.3) is 0 Å². The zero-order valence-electron chi connectivity index (χ0n) is 16.8. The minimum absolute atomic E-state index is 0.0994. The Bertz CT molecular complexity index is 1030. The molecule has 6 heteroatoms. The van der Waals surface area contributed by atoms with Crippen LogP contribution in [0.3, 0.4) is 0 Å². The summed E-state index contributed by atoms with van der Waals surface area (Å²) in [6, 6.07) is 18.0. The summed E-state index contributed by atoms with van der Waals surface area (Å²) >= 11 is 5.78. The number of phenolic OH excluding ortho intramolecular Hbond substituents is 1. The largest absolute Gasteiger partial charge is 0.506 e. The summed E-state index contributed by atoms with van der Waals surface area (Å²) in [6.07, 6.45) is 10.3. The zero-order valence-corrected chi connectivity index (χ0v) is 17.6. The number of aromatic hydroxyl groups is 1. The molecule has 2 fully saturated rings. The zero-order chi connectivity index (χ0) is 20.5. The summed E-state index contributed by atoms with van der Waals surface area (Å²) in [5, 5.41) is 14.7. The van der Waals surface area contributed by atoms with Crippen LogP contribution in [0.4, 0.5) is 5.69 Å². The van der Waals surface area contributed by atoms with Crippen LogP contribution in [-0.2, 0) is 0 Å². The molecule has 3 heterocycles. The Morgan fingerprint density at radius 3 is 2.53 bits per heavy atom. The van der Waals surface area contributed by atoms with Gasteiger partial charge in [0.1, 0.15) is 11.8 Å². The van der Waals surface area contributed by atoms with Crippen LogP contribution in [0.15, 0.2) is 67.0 Å². The Balaban J connectivity index is 1.63. The first kappa shape index (κ1) is 19.1. The minimum Gasteiger partial charge on any atom is -0.506 e. The lowest BCUT2D eigenvalue weighted by Crippen LogP contribution is -2.31. The van der Waals surface area contributed by atoms with Crippen molar-refractivity contribution < 1.29 is 5.11 Å². The lowest BCUT2D eigenvalue weighted by molar-refractivity contribution is 0.339. The highest BCUT2D eigenvalue weighted by atomic mass is 32.1. The number of pyridine rings is 1. The van der Waals surface area contributed by atoms with E-state index in [1.54, 1.807) is 6.07 Å². The summed E-state index contributed by atoms with van der Waals surface area (Å²) in [5.41, 5.74) is 2.86. The molecule has 1 aliphatic carbocycles. The van der Waals surface area contributed by atoms with Gasteiger partial charge in [-0.3, -0.25) is 4.98 Å². The highest BCUT2D eigenvalue weighted by Crippen LogP contribution is 2.45. The Hall–Kier alpha value is -2.86. The van der Waals surface area contributed by atoms with Crippen molar-refractivity contribution in [1.29, 1.82) is 0 Å². The van der Waals surface area contributed by atoms with Crippen LogP contribution < -0.4 is 10.2 Å². The smallest absolute Gasteiger partial charge is 0.174 e. The van der Waals surface area contributed by atoms with Gasteiger partial charge in [-0.2, -0.15) is 0 Å². The lowest BCUT2D eigenvalue weighted by Gasteiger charge is -2.32. The van der Waals surface area contributed by atoms with Crippen molar-refractivity contribution in [3.05, 3.63) is 78.4 Å². The van der Waals surface area contributed by atoms with Crippen molar-refractivity contribution in [3.8, 4) is 5.75 Å². The molecular formula is C24H26N4OS. The second-order valence-corrected chi connectivity index (χ2v) is 8.50. The monoisotopic (exact) mass is 418 g/mol. The number of aromatic nitrogens is 2. The average molecular weight is 419 g/mol. The van der Waals surface area contributed by atoms with Gasteiger partial charge in [-0.25, -0.2) is 0 Å². The minimum atomic E-state index is -0.101. The number of para-hydroxylation sites is 2. The van der Waals surface area contributed by atoms with Gasteiger partial charge in [0.05, 0.1) is 17.4 Å². The molecule has 1 saturated carbocycles. The van der Waals surface area contributed by atoms with Gasteiger partial charge in [-0.15, -0.1) is 0 Å². The first-order valence-electron chi connectivity index (χ1n) is 10.7. The fourth-order valence-corrected chi connectivity index (χ4v) is 5.27. The maximum Gasteiger partial charge on any atom is 0.174 e. The maximum atomic E-state index is 10.6. The number of phenols is 1. The molecule has 2 N–H and O–H groups in total. The first-order valence-corrected chi connectivity index (χ1v) is 11.1. The number of nitrogens with one attached hydrogen (secondary N) is 1. The van der Waals surface area contributed by atoms with Crippen molar-refractivity contribution >= 4 is 23.0 Å². The Kier molecular flexibility index (Phi) is 5.17. The van der Waals surface area contributed by atoms with Gasteiger partial charge >= 0.3 is 0 Å². The van der Waals surface area contributed by atoms with Crippen molar-refractivity contribution in [3.63, 3.8) is 0 Å². The molecule has 3 aromatic rings. The van der Waals surface area contributed by atoms with E-state index in [9.17, 15) is 5.11 Å². The van der Waals surface area contributed by atoms with Crippen LogP contribution in [0, 0.1) is 0 Å². The summed E-state index contributed by atoms with van der Waals surface area (Å²) in [5.74, 6) is 0.226. The van der Waals surface area contributed by atoms with E-state index in [1.807, 2.05) is 42.6 Å². The Labute approximate surface area is 182 Å². The molecule has 2 atom stereocenters. The fourth-order valence-electron chi connectivity index (χ4n) is 4.93. The number of hydrogen-bond donors (Lipinski definition) is 2. The van der Waals surface area contributed by atoms with E-state index in [2.05, 4.69) is 38.1 Å². The van der Waals surface area contributed by atoms with Gasteiger partial charge in [-0.1, -0.05) is 37.5 Å². The number of rotatable bonds is 4. The molecule has 2 aliphatic rings. The topological polar surface area (TPSA) is 53.3 Å². The van der Waals surface area contributed by atoms with E-state index in [-0.39, 0.29) is 17.8 Å². The van der Waals surface area contributed by atoms with E-state index in [0.29, 0.717) is 11.2 Å².